The second-order valence-electron chi connectivity index (χ2n) is 6.29. The second kappa shape index (κ2) is 5.76. The lowest BCUT2D eigenvalue weighted by Crippen LogP contribution is -2.56. The molecule has 1 fully saturated rings. The summed E-state index contributed by atoms with van der Waals surface area (Å²) in [6.45, 7) is 7.56. The van der Waals surface area contributed by atoms with E-state index in [1.807, 2.05) is 6.92 Å². The van der Waals surface area contributed by atoms with Gasteiger partial charge in [0.15, 0.2) is 0 Å². The third kappa shape index (κ3) is 3.09. The van der Waals surface area contributed by atoms with E-state index in [0.29, 0.717) is 12.0 Å². The van der Waals surface area contributed by atoms with Gasteiger partial charge in [0.1, 0.15) is 0 Å². The highest BCUT2D eigenvalue weighted by molar-refractivity contribution is 7.84. The van der Waals surface area contributed by atoms with Gasteiger partial charge in [0.05, 0.1) is 0 Å². The van der Waals surface area contributed by atoms with Crippen LogP contribution in [0.1, 0.15) is 38.7 Å². The molecule has 1 aliphatic carbocycles. The monoisotopic (exact) mass is 279 g/mol. The van der Waals surface area contributed by atoms with Crippen molar-refractivity contribution in [3.05, 3.63) is 35.9 Å². The lowest BCUT2D eigenvalue weighted by molar-refractivity contribution is 0.0697. The molecule has 19 heavy (non-hydrogen) atoms. The van der Waals surface area contributed by atoms with E-state index in [1.54, 1.807) is 6.26 Å². The van der Waals surface area contributed by atoms with E-state index in [4.69, 9.17) is 0 Å². The van der Waals surface area contributed by atoms with Crippen LogP contribution in [0.5, 0.6) is 0 Å². The van der Waals surface area contributed by atoms with Gasteiger partial charge in [0.2, 0.25) is 0 Å². The van der Waals surface area contributed by atoms with Crippen LogP contribution in [0.15, 0.2) is 30.3 Å². The second-order valence-corrected chi connectivity index (χ2v) is 8.09. The summed E-state index contributed by atoms with van der Waals surface area (Å²) in [4.78, 5) is 0. The average Bonchev–Trinajstić information content (AvgIpc) is 2.38. The standard InChI is InChI=1S/C16H25NOS/c1-12(19(4)18)11-17-15-10-14(16(15,2)3)13-8-6-5-7-9-13/h5-9,12,14-15,17H,10-11H2,1-4H3. The first kappa shape index (κ1) is 14.7. The molecule has 3 heteroatoms. The van der Waals surface area contributed by atoms with Crippen molar-refractivity contribution in [3.8, 4) is 0 Å². The van der Waals surface area contributed by atoms with Crippen LogP contribution in [0, 0.1) is 5.41 Å². The van der Waals surface area contributed by atoms with E-state index < -0.39 is 10.8 Å². The molecule has 0 amide bonds. The number of nitrogens with one attached hydrogen (secondary N) is 1. The highest BCUT2D eigenvalue weighted by Crippen LogP contribution is 2.52. The zero-order valence-electron chi connectivity index (χ0n) is 12.3. The summed E-state index contributed by atoms with van der Waals surface area (Å²) >= 11 is 0. The maximum absolute atomic E-state index is 11.4. The van der Waals surface area contributed by atoms with E-state index >= 15 is 0 Å². The van der Waals surface area contributed by atoms with Crippen molar-refractivity contribution in [3.63, 3.8) is 0 Å². The van der Waals surface area contributed by atoms with Crippen LogP contribution < -0.4 is 5.32 Å². The van der Waals surface area contributed by atoms with Crippen molar-refractivity contribution in [1.29, 1.82) is 0 Å². The zero-order valence-corrected chi connectivity index (χ0v) is 13.2. The molecule has 0 radical (unpaired) electrons. The van der Waals surface area contributed by atoms with Crippen molar-refractivity contribution >= 4 is 10.8 Å². The largest absolute Gasteiger partial charge is 0.312 e. The molecule has 0 aromatic heterocycles. The Morgan fingerprint density at radius 3 is 2.53 bits per heavy atom. The highest BCUT2D eigenvalue weighted by atomic mass is 32.2. The first-order chi connectivity index (χ1) is 8.93. The fourth-order valence-corrected chi connectivity index (χ4v) is 3.28. The Kier molecular flexibility index (Phi) is 4.46. The van der Waals surface area contributed by atoms with E-state index in [1.165, 1.54) is 12.0 Å². The minimum atomic E-state index is -0.737. The maximum atomic E-state index is 11.4. The molecule has 1 aliphatic rings. The molecule has 1 aromatic rings. The number of rotatable bonds is 5. The van der Waals surface area contributed by atoms with Gasteiger partial charge in [-0.15, -0.1) is 0 Å². The molecule has 0 aliphatic heterocycles. The third-order valence-corrected chi connectivity index (χ3v) is 5.99. The number of hydrogen-bond donors (Lipinski definition) is 1. The Labute approximate surface area is 119 Å². The van der Waals surface area contributed by atoms with Gasteiger partial charge >= 0.3 is 0 Å². The average molecular weight is 279 g/mol. The van der Waals surface area contributed by atoms with E-state index in [2.05, 4.69) is 49.5 Å². The Hall–Kier alpha value is -0.670. The third-order valence-electron chi connectivity index (χ3n) is 4.69. The van der Waals surface area contributed by atoms with Gasteiger partial charge in [-0.2, -0.15) is 0 Å². The predicted molar refractivity (Wildman–Crippen MR) is 82.9 cm³/mol. The van der Waals surface area contributed by atoms with Crippen LogP contribution in [-0.2, 0) is 10.8 Å². The maximum Gasteiger partial charge on any atom is 0.0441 e. The Morgan fingerprint density at radius 2 is 2.00 bits per heavy atom. The fraction of sp³-hybridized carbons (Fsp3) is 0.625. The topological polar surface area (TPSA) is 29.1 Å². The van der Waals surface area contributed by atoms with Crippen molar-refractivity contribution in [2.24, 2.45) is 5.41 Å². The summed E-state index contributed by atoms with van der Waals surface area (Å²) in [5.74, 6) is 0.633. The van der Waals surface area contributed by atoms with E-state index in [9.17, 15) is 4.21 Å². The van der Waals surface area contributed by atoms with Gasteiger partial charge < -0.3 is 5.32 Å². The molecule has 1 aromatic carbocycles. The summed E-state index contributed by atoms with van der Waals surface area (Å²) in [6, 6.07) is 11.3. The van der Waals surface area contributed by atoms with Gasteiger partial charge in [0, 0.05) is 34.9 Å². The normalized spacial score (nSPS) is 28.4. The quantitative estimate of drug-likeness (QED) is 0.898. The lowest BCUT2D eigenvalue weighted by Gasteiger charge is -2.53. The van der Waals surface area contributed by atoms with Crippen LogP contribution in [-0.4, -0.2) is 28.3 Å². The number of benzene rings is 1. The van der Waals surface area contributed by atoms with E-state index in [0.717, 1.165) is 6.54 Å². The van der Waals surface area contributed by atoms with Crippen molar-refractivity contribution in [1.82, 2.24) is 5.32 Å². The lowest BCUT2D eigenvalue weighted by atomic mass is 9.56. The van der Waals surface area contributed by atoms with Gasteiger partial charge in [-0.1, -0.05) is 44.2 Å². The SMILES string of the molecule is CC(CNC1CC(c2ccccc2)C1(C)C)S(C)=O. The summed E-state index contributed by atoms with van der Waals surface area (Å²) in [5, 5.41) is 3.83. The molecule has 0 bridgehead atoms. The smallest absolute Gasteiger partial charge is 0.0441 e. The molecule has 106 valence electrons. The summed E-state index contributed by atoms with van der Waals surface area (Å²) in [5.41, 5.74) is 1.72. The minimum Gasteiger partial charge on any atom is -0.312 e. The predicted octanol–water partition coefficient (Wildman–Crippen LogP) is 2.93. The first-order valence-electron chi connectivity index (χ1n) is 7.03. The molecule has 2 rings (SSSR count). The molecule has 0 saturated heterocycles. The summed E-state index contributed by atoms with van der Waals surface area (Å²) < 4.78 is 11.4. The molecular weight excluding hydrogens is 254 g/mol. The van der Waals surface area contributed by atoms with Crippen LogP contribution >= 0.6 is 0 Å². The number of hydrogen-bond acceptors (Lipinski definition) is 2. The van der Waals surface area contributed by atoms with Crippen molar-refractivity contribution in [2.75, 3.05) is 12.8 Å². The molecule has 4 atom stereocenters. The molecule has 2 nitrogen and oxygen atoms in total. The molecule has 1 N–H and O–H groups in total. The van der Waals surface area contributed by atoms with Crippen LogP contribution in [0.2, 0.25) is 0 Å². The highest BCUT2D eigenvalue weighted by Gasteiger charge is 2.48. The Balaban J connectivity index is 1.93. The van der Waals surface area contributed by atoms with Gasteiger partial charge in [-0.3, -0.25) is 4.21 Å². The first-order valence-corrected chi connectivity index (χ1v) is 8.65. The molecule has 1 saturated carbocycles. The van der Waals surface area contributed by atoms with Crippen molar-refractivity contribution < 1.29 is 4.21 Å². The van der Waals surface area contributed by atoms with Gasteiger partial charge in [-0.05, 0) is 30.2 Å². The van der Waals surface area contributed by atoms with Crippen LogP contribution in [0.4, 0.5) is 0 Å². The molecule has 0 heterocycles. The summed E-state index contributed by atoms with van der Waals surface area (Å²) in [6.07, 6.45) is 2.96. The Morgan fingerprint density at radius 1 is 1.37 bits per heavy atom. The molecular formula is C16H25NOS. The van der Waals surface area contributed by atoms with Gasteiger partial charge in [0.25, 0.3) is 0 Å². The molecule has 0 spiro atoms. The van der Waals surface area contributed by atoms with Crippen LogP contribution in [0.25, 0.3) is 0 Å². The van der Waals surface area contributed by atoms with Gasteiger partial charge in [-0.25, -0.2) is 0 Å². The van der Waals surface area contributed by atoms with Crippen molar-refractivity contribution in [2.45, 2.75) is 44.4 Å². The summed E-state index contributed by atoms with van der Waals surface area (Å²) in [7, 11) is -0.737. The fourth-order valence-electron chi connectivity index (χ4n) is 2.95. The van der Waals surface area contributed by atoms with Crippen LogP contribution in [0.3, 0.4) is 0 Å². The Bertz CT molecular complexity index is 443. The molecule has 4 unspecified atom stereocenters. The minimum absolute atomic E-state index is 0.228. The van der Waals surface area contributed by atoms with E-state index in [-0.39, 0.29) is 10.7 Å². The zero-order chi connectivity index (χ0) is 14.0.